The summed E-state index contributed by atoms with van der Waals surface area (Å²) < 4.78 is 2.05. The molecule has 158 valence electrons. The molecule has 0 bridgehead atoms. The van der Waals surface area contributed by atoms with E-state index in [0.717, 1.165) is 36.0 Å². The van der Waals surface area contributed by atoms with Crippen molar-refractivity contribution in [1.29, 1.82) is 0 Å². The molecule has 2 aromatic carbocycles. The Labute approximate surface area is 181 Å². The van der Waals surface area contributed by atoms with Crippen LogP contribution in [0.4, 0.5) is 5.69 Å². The molecule has 3 rings (SSSR count). The second-order valence-corrected chi connectivity index (χ2v) is 7.97. The number of fused-ring (bicyclic) bond motifs is 1. The van der Waals surface area contributed by atoms with Gasteiger partial charge in [0.25, 0.3) is 5.56 Å². The summed E-state index contributed by atoms with van der Waals surface area (Å²) in [7, 11) is 3.99. The number of H-pyrrole nitrogens is 1. The first-order chi connectivity index (χ1) is 14.5. The smallest absolute Gasteiger partial charge is 0.262 e. The summed E-state index contributed by atoms with van der Waals surface area (Å²) >= 11 is 5.33. The van der Waals surface area contributed by atoms with Gasteiger partial charge in [-0.25, -0.2) is 0 Å². The van der Waals surface area contributed by atoms with Crippen LogP contribution in [0.2, 0.25) is 0 Å². The van der Waals surface area contributed by atoms with Gasteiger partial charge in [-0.1, -0.05) is 30.7 Å². The molecule has 0 unspecified atom stereocenters. The third kappa shape index (κ3) is 5.57. The van der Waals surface area contributed by atoms with E-state index in [4.69, 9.17) is 12.2 Å². The molecule has 6 nitrogen and oxygen atoms in total. The number of anilines is 1. The summed E-state index contributed by atoms with van der Waals surface area (Å²) in [5.41, 5.74) is 2.90. The molecule has 0 atom stereocenters. The summed E-state index contributed by atoms with van der Waals surface area (Å²) in [5.74, 6) is 0.0467. The molecule has 1 amide bonds. The third-order valence-electron chi connectivity index (χ3n) is 5.09. The van der Waals surface area contributed by atoms with E-state index in [0.29, 0.717) is 29.7 Å². The van der Waals surface area contributed by atoms with Crippen LogP contribution in [0.25, 0.3) is 10.9 Å². The molecule has 0 aliphatic carbocycles. The van der Waals surface area contributed by atoms with Gasteiger partial charge in [0.15, 0.2) is 4.77 Å². The Kier molecular flexibility index (Phi) is 7.41. The molecule has 1 aromatic heterocycles. The molecule has 0 saturated heterocycles. The van der Waals surface area contributed by atoms with Crippen molar-refractivity contribution in [3.8, 4) is 0 Å². The van der Waals surface area contributed by atoms with Crippen molar-refractivity contribution in [2.75, 3.05) is 19.0 Å². The van der Waals surface area contributed by atoms with Crippen molar-refractivity contribution in [2.45, 2.75) is 38.8 Å². The normalized spacial score (nSPS) is 10.9. The fourth-order valence-corrected chi connectivity index (χ4v) is 3.65. The molecule has 0 aliphatic rings. The third-order valence-corrected chi connectivity index (χ3v) is 5.41. The maximum Gasteiger partial charge on any atom is 0.262 e. The monoisotopic (exact) mass is 424 g/mol. The number of aromatic amines is 1. The first kappa shape index (κ1) is 21.8. The van der Waals surface area contributed by atoms with E-state index >= 15 is 0 Å². The minimum atomic E-state index is -0.0629. The minimum absolute atomic E-state index is 0.0467. The van der Waals surface area contributed by atoms with Crippen molar-refractivity contribution in [2.24, 2.45) is 0 Å². The SMILES string of the molecule is CN(C)c1cccc(CNC(=O)CCCCCn2c(=S)[nH]c3ccccc3c2=O)c1. The van der Waals surface area contributed by atoms with Crippen molar-refractivity contribution in [1.82, 2.24) is 14.9 Å². The molecule has 30 heavy (non-hydrogen) atoms. The number of benzene rings is 2. The second kappa shape index (κ2) is 10.2. The zero-order valence-electron chi connectivity index (χ0n) is 17.5. The molecular weight excluding hydrogens is 396 g/mol. The maximum absolute atomic E-state index is 12.6. The van der Waals surface area contributed by atoms with Gasteiger partial charge >= 0.3 is 0 Å². The lowest BCUT2D eigenvalue weighted by molar-refractivity contribution is -0.121. The molecule has 2 N–H and O–H groups in total. The van der Waals surface area contributed by atoms with E-state index < -0.39 is 0 Å². The van der Waals surface area contributed by atoms with Crippen LogP contribution in [0, 0.1) is 4.77 Å². The fourth-order valence-electron chi connectivity index (χ4n) is 3.37. The van der Waals surface area contributed by atoms with E-state index in [2.05, 4.69) is 16.4 Å². The quantitative estimate of drug-likeness (QED) is 0.402. The first-order valence-corrected chi connectivity index (χ1v) is 10.6. The summed E-state index contributed by atoms with van der Waals surface area (Å²) in [6.45, 7) is 1.08. The van der Waals surface area contributed by atoms with E-state index in [1.165, 1.54) is 0 Å². The number of hydrogen-bond donors (Lipinski definition) is 2. The molecule has 3 aromatic rings. The number of carbonyl (C=O) groups is 1. The summed E-state index contributed by atoms with van der Waals surface area (Å²) in [5, 5.41) is 3.62. The van der Waals surface area contributed by atoms with Crippen LogP contribution in [0.15, 0.2) is 53.3 Å². The van der Waals surface area contributed by atoms with Gasteiger partial charge in [-0.05, 0) is 54.9 Å². The Bertz CT molecular complexity index is 1130. The second-order valence-electron chi connectivity index (χ2n) is 7.58. The minimum Gasteiger partial charge on any atom is -0.378 e. The maximum atomic E-state index is 12.6. The lowest BCUT2D eigenvalue weighted by Crippen LogP contribution is -2.23. The van der Waals surface area contributed by atoms with E-state index in [1.54, 1.807) is 10.6 Å². The van der Waals surface area contributed by atoms with E-state index in [-0.39, 0.29) is 11.5 Å². The highest BCUT2D eigenvalue weighted by Crippen LogP contribution is 2.13. The highest BCUT2D eigenvalue weighted by Gasteiger charge is 2.06. The molecule has 0 fully saturated rings. The highest BCUT2D eigenvalue weighted by atomic mass is 32.1. The summed E-state index contributed by atoms with van der Waals surface area (Å²) in [4.78, 5) is 29.9. The number of para-hydroxylation sites is 1. The van der Waals surface area contributed by atoms with Crippen LogP contribution in [-0.4, -0.2) is 29.6 Å². The number of aromatic nitrogens is 2. The Morgan fingerprint density at radius 3 is 2.70 bits per heavy atom. The van der Waals surface area contributed by atoms with Crippen LogP contribution in [-0.2, 0) is 17.9 Å². The lowest BCUT2D eigenvalue weighted by Gasteiger charge is -2.14. The Morgan fingerprint density at radius 1 is 1.10 bits per heavy atom. The molecule has 0 saturated carbocycles. The number of nitrogens with zero attached hydrogens (tertiary/aromatic N) is 2. The zero-order chi connectivity index (χ0) is 21.5. The van der Waals surface area contributed by atoms with Crippen LogP contribution in [0.1, 0.15) is 31.2 Å². The van der Waals surface area contributed by atoms with Crippen LogP contribution in [0.5, 0.6) is 0 Å². The van der Waals surface area contributed by atoms with Crippen LogP contribution in [0.3, 0.4) is 0 Å². The average molecular weight is 425 g/mol. The number of carbonyl (C=O) groups excluding carboxylic acids is 1. The predicted molar refractivity (Wildman–Crippen MR) is 124 cm³/mol. The molecule has 0 radical (unpaired) electrons. The zero-order valence-corrected chi connectivity index (χ0v) is 18.3. The predicted octanol–water partition coefficient (Wildman–Crippen LogP) is 4.00. The Hall–Kier alpha value is -2.93. The Balaban J connectivity index is 1.43. The van der Waals surface area contributed by atoms with Gasteiger partial charge in [-0.3, -0.25) is 14.2 Å². The van der Waals surface area contributed by atoms with Gasteiger partial charge in [0.05, 0.1) is 10.9 Å². The average Bonchev–Trinajstić information content (AvgIpc) is 2.74. The largest absolute Gasteiger partial charge is 0.378 e. The molecular formula is C23H28N4O2S. The summed E-state index contributed by atoms with van der Waals surface area (Å²) in [6, 6.07) is 15.5. The molecule has 0 spiro atoms. The number of nitrogens with one attached hydrogen (secondary N) is 2. The van der Waals surface area contributed by atoms with Crippen molar-refractivity contribution < 1.29 is 4.79 Å². The molecule has 7 heteroatoms. The fraction of sp³-hybridized carbons (Fsp3) is 0.348. The standard InChI is InChI=1S/C23H28N4O2S/c1-26(2)18-10-8-9-17(15-18)16-24-21(28)13-4-3-7-14-27-22(29)19-11-5-6-12-20(19)25-23(27)30/h5-6,8-12,15H,3-4,7,13-14,16H2,1-2H3,(H,24,28)(H,25,30). The molecule has 1 heterocycles. The number of rotatable bonds is 9. The van der Waals surface area contributed by atoms with Gasteiger partial charge < -0.3 is 15.2 Å². The Morgan fingerprint density at radius 2 is 1.90 bits per heavy atom. The number of unbranched alkanes of at least 4 members (excludes halogenated alkanes) is 2. The van der Waals surface area contributed by atoms with E-state index in [9.17, 15) is 9.59 Å². The van der Waals surface area contributed by atoms with Gasteiger partial charge in [0, 0.05) is 39.3 Å². The van der Waals surface area contributed by atoms with E-state index in [1.807, 2.05) is 55.4 Å². The van der Waals surface area contributed by atoms with Crippen molar-refractivity contribution >= 4 is 34.7 Å². The van der Waals surface area contributed by atoms with Gasteiger partial charge in [-0.15, -0.1) is 0 Å². The first-order valence-electron chi connectivity index (χ1n) is 10.2. The number of amides is 1. The van der Waals surface area contributed by atoms with Gasteiger partial charge in [-0.2, -0.15) is 0 Å². The summed E-state index contributed by atoms with van der Waals surface area (Å²) in [6.07, 6.45) is 2.92. The highest BCUT2D eigenvalue weighted by molar-refractivity contribution is 7.71. The number of hydrogen-bond acceptors (Lipinski definition) is 4. The van der Waals surface area contributed by atoms with Gasteiger partial charge in [0.2, 0.25) is 5.91 Å². The lowest BCUT2D eigenvalue weighted by atomic mass is 10.1. The van der Waals surface area contributed by atoms with Crippen LogP contribution < -0.4 is 15.8 Å². The molecule has 0 aliphatic heterocycles. The topological polar surface area (TPSA) is 70.1 Å². The van der Waals surface area contributed by atoms with Crippen molar-refractivity contribution in [3.05, 3.63) is 69.2 Å². The van der Waals surface area contributed by atoms with Crippen LogP contribution >= 0.6 is 12.2 Å². The van der Waals surface area contributed by atoms with Crippen molar-refractivity contribution in [3.63, 3.8) is 0 Å². The van der Waals surface area contributed by atoms with Gasteiger partial charge in [0.1, 0.15) is 0 Å².